The van der Waals surface area contributed by atoms with E-state index in [2.05, 4.69) is 9.72 Å². The maximum Gasteiger partial charge on any atom is 0.357 e. The molecule has 2 rings (SSSR count). The van der Waals surface area contributed by atoms with Crippen LogP contribution < -0.4 is 0 Å². The van der Waals surface area contributed by atoms with Crippen LogP contribution in [0, 0.1) is 17.0 Å². The number of carbonyl (C=O) groups is 2. The number of hydrogen-bond donors (Lipinski definition) is 0. The molecule has 1 amide bonds. The zero-order chi connectivity index (χ0) is 21.4. The van der Waals surface area contributed by atoms with Gasteiger partial charge in [-0.3, -0.25) is 14.9 Å². The minimum Gasteiger partial charge on any atom is -0.464 e. The van der Waals surface area contributed by atoms with Crippen molar-refractivity contribution in [3.05, 3.63) is 55.5 Å². The molecule has 1 heterocycles. The molecule has 10 heteroatoms. The van der Waals surface area contributed by atoms with Crippen LogP contribution in [-0.2, 0) is 16.0 Å². The fourth-order valence-corrected chi connectivity index (χ4v) is 3.40. The van der Waals surface area contributed by atoms with Crippen molar-refractivity contribution in [3.63, 3.8) is 0 Å². The third-order valence-corrected chi connectivity index (χ3v) is 4.97. The lowest BCUT2D eigenvalue weighted by Gasteiger charge is -2.22. The summed E-state index contributed by atoms with van der Waals surface area (Å²) in [7, 11) is 1.27. The van der Waals surface area contributed by atoms with E-state index in [9.17, 15) is 19.7 Å². The molecular weight excluding hydrogens is 398 g/mol. The van der Waals surface area contributed by atoms with Gasteiger partial charge < -0.3 is 14.4 Å². The maximum absolute atomic E-state index is 13.0. The molecule has 0 aliphatic rings. The number of nitro groups is 1. The average Bonchev–Trinajstić information content (AvgIpc) is 3.18. The summed E-state index contributed by atoms with van der Waals surface area (Å²) in [5, 5.41) is 13.3. The summed E-state index contributed by atoms with van der Waals surface area (Å²) < 4.78 is 9.99. The van der Waals surface area contributed by atoms with E-state index in [-0.39, 0.29) is 29.4 Å². The van der Waals surface area contributed by atoms with Gasteiger partial charge in [0, 0.05) is 42.3 Å². The number of carbonyl (C=O) groups excluding carboxylic acids is 2. The molecular formula is C19H23N3O6S. The zero-order valence-corrected chi connectivity index (χ0v) is 17.4. The van der Waals surface area contributed by atoms with Gasteiger partial charge in [0.05, 0.1) is 18.6 Å². The van der Waals surface area contributed by atoms with Crippen LogP contribution in [0.25, 0.3) is 0 Å². The van der Waals surface area contributed by atoms with E-state index >= 15 is 0 Å². The second kappa shape index (κ2) is 10.6. The van der Waals surface area contributed by atoms with Crippen LogP contribution in [0.1, 0.15) is 44.8 Å². The molecule has 0 spiro atoms. The molecule has 0 atom stereocenters. The van der Waals surface area contributed by atoms with Crippen molar-refractivity contribution < 1.29 is 24.0 Å². The Bertz CT molecular complexity index is 883. The number of hydrogen-bond acceptors (Lipinski definition) is 8. The van der Waals surface area contributed by atoms with Crippen LogP contribution in [0.15, 0.2) is 23.6 Å². The van der Waals surface area contributed by atoms with E-state index in [1.807, 2.05) is 6.92 Å². The van der Waals surface area contributed by atoms with Gasteiger partial charge in [0.15, 0.2) is 5.69 Å². The van der Waals surface area contributed by atoms with E-state index in [1.54, 1.807) is 29.3 Å². The highest BCUT2D eigenvalue weighted by Gasteiger charge is 2.22. The number of thiazole rings is 1. The summed E-state index contributed by atoms with van der Waals surface area (Å²) in [5.74, 6) is -0.893. The van der Waals surface area contributed by atoms with Crippen molar-refractivity contribution in [1.29, 1.82) is 0 Å². The number of amides is 1. The molecule has 0 saturated carbocycles. The molecule has 1 aromatic carbocycles. The molecule has 0 fully saturated rings. The van der Waals surface area contributed by atoms with Crippen molar-refractivity contribution in [2.45, 2.75) is 26.8 Å². The molecule has 0 N–H and O–H groups in total. The quantitative estimate of drug-likeness (QED) is 0.251. The van der Waals surface area contributed by atoms with Crippen molar-refractivity contribution in [3.8, 4) is 0 Å². The van der Waals surface area contributed by atoms with Gasteiger partial charge in [-0.15, -0.1) is 11.3 Å². The van der Waals surface area contributed by atoms with E-state index < -0.39 is 10.9 Å². The fourth-order valence-electron chi connectivity index (χ4n) is 2.62. The first kappa shape index (κ1) is 22.4. The highest BCUT2D eigenvalue weighted by Crippen LogP contribution is 2.22. The summed E-state index contributed by atoms with van der Waals surface area (Å²) in [4.78, 5) is 41.1. The maximum atomic E-state index is 13.0. The number of rotatable bonds is 10. The largest absolute Gasteiger partial charge is 0.464 e. The summed E-state index contributed by atoms with van der Waals surface area (Å²) in [6.45, 7) is 5.13. The molecule has 1 aromatic heterocycles. The molecule has 156 valence electrons. The van der Waals surface area contributed by atoms with E-state index in [0.29, 0.717) is 36.8 Å². The highest BCUT2D eigenvalue weighted by molar-refractivity contribution is 7.09. The SMILES string of the molecule is CCOCCCN(Cc1nc(C(=O)OC)cs1)C(=O)c1ccc(C)c([N+](=O)[O-])c1. The van der Waals surface area contributed by atoms with E-state index in [1.165, 1.54) is 24.5 Å². The third kappa shape index (κ3) is 6.06. The lowest BCUT2D eigenvalue weighted by molar-refractivity contribution is -0.385. The minimum absolute atomic E-state index is 0.104. The number of nitro benzene ring substituents is 1. The Kier molecular flexibility index (Phi) is 8.22. The smallest absolute Gasteiger partial charge is 0.357 e. The molecule has 0 unspecified atom stereocenters. The van der Waals surface area contributed by atoms with Gasteiger partial charge >= 0.3 is 5.97 Å². The monoisotopic (exact) mass is 421 g/mol. The van der Waals surface area contributed by atoms with Crippen LogP contribution in [-0.4, -0.2) is 53.6 Å². The van der Waals surface area contributed by atoms with Gasteiger partial charge in [-0.05, 0) is 26.3 Å². The molecule has 0 bridgehead atoms. The minimum atomic E-state index is -0.545. The van der Waals surface area contributed by atoms with Crippen LogP contribution in [0.5, 0.6) is 0 Å². The topological polar surface area (TPSA) is 112 Å². The zero-order valence-electron chi connectivity index (χ0n) is 16.5. The molecule has 0 aliphatic heterocycles. The van der Waals surface area contributed by atoms with Gasteiger partial charge in [0.1, 0.15) is 5.01 Å². The van der Waals surface area contributed by atoms with Crippen molar-refractivity contribution in [2.75, 3.05) is 26.9 Å². The van der Waals surface area contributed by atoms with Crippen LogP contribution in [0.2, 0.25) is 0 Å². The van der Waals surface area contributed by atoms with Gasteiger partial charge in [0.25, 0.3) is 11.6 Å². The number of benzene rings is 1. The number of esters is 1. The number of aromatic nitrogens is 1. The average molecular weight is 421 g/mol. The predicted octanol–water partition coefficient (Wildman–Crippen LogP) is 3.22. The molecule has 0 saturated heterocycles. The van der Waals surface area contributed by atoms with E-state index in [4.69, 9.17) is 4.74 Å². The first-order valence-corrected chi connectivity index (χ1v) is 9.90. The normalized spacial score (nSPS) is 10.6. The fraction of sp³-hybridized carbons (Fsp3) is 0.421. The van der Waals surface area contributed by atoms with Crippen LogP contribution in [0.3, 0.4) is 0 Å². The molecule has 9 nitrogen and oxygen atoms in total. The summed E-state index contributed by atoms with van der Waals surface area (Å²) in [6.07, 6.45) is 0.600. The third-order valence-electron chi connectivity index (χ3n) is 4.13. The molecule has 0 aliphatic carbocycles. The highest BCUT2D eigenvalue weighted by atomic mass is 32.1. The summed E-state index contributed by atoms with van der Waals surface area (Å²) in [5.41, 5.74) is 0.785. The molecule has 0 radical (unpaired) electrons. The standard InChI is InChI=1S/C19H23N3O6S/c1-4-28-9-5-8-21(11-17-20-15(12-29-17)19(24)27-3)18(23)14-7-6-13(2)16(10-14)22(25)26/h6-7,10,12H,4-5,8-9,11H2,1-3H3. The second-order valence-corrected chi connectivity index (χ2v) is 7.10. The van der Waals surface area contributed by atoms with Crippen molar-refractivity contribution >= 4 is 28.9 Å². The van der Waals surface area contributed by atoms with Crippen molar-refractivity contribution in [2.24, 2.45) is 0 Å². The lowest BCUT2D eigenvalue weighted by Crippen LogP contribution is -2.32. The Morgan fingerprint density at radius 1 is 1.34 bits per heavy atom. The summed E-state index contributed by atoms with van der Waals surface area (Å²) >= 11 is 1.24. The Labute approximate surface area is 172 Å². The van der Waals surface area contributed by atoms with Gasteiger partial charge in [-0.25, -0.2) is 9.78 Å². The predicted molar refractivity (Wildman–Crippen MR) is 107 cm³/mol. The van der Waals surface area contributed by atoms with Gasteiger partial charge in [-0.1, -0.05) is 6.07 Å². The second-order valence-electron chi connectivity index (χ2n) is 6.15. The Morgan fingerprint density at radius 3 is 2.76 bits per heavy atom. The lowest BCUT2D eigenvalue weighted by atomic mass is 10.1. The Balaban J connectivity index is 2.23. The first-order valence-electron chi connectivity index (χ1n) is 9.02. The van der Waals surface area contributed by atoms with Crippen LogP contribution >= 0.6 is 11.3 Å². The van der Waals surface area contributed by atoms with E-state index in [0.717, 1.165) is 0 Å². The Morgan fingerprint density at radius 2 is 2.10 bits per heavy atom. The molecule has 2 aromatic rings. The number of ether oxygens (including phenoxy) is 2. The molecule has 29 heavy (non-hydrogen) atoms. The number of aryl methyl sites for hydroxylation is 1. The Hall–Kier alpha value is -2.85. The first-order chi connectivity index (χ1) is 13.9. The number of methoxy groups -OCH3 is 1. The van der Waals surface area contributed by atoms with Crippen LogP contribution in [0.4, 0.5) is 5.69 Å². The van der Waals surface area contributed by atoms with Crippen molar-refractivity contribution in [1.82, 2.24) is 9.88 Å². The van der Waals surface area contributed by atoms with Gasteiger partial charge in [-0.2, -0.15) is 0 Å². The van der Waals surface area contributed by atoms with Gasteiger partial charge in [0.2, 0.25) is 0 Å². The summed E-state index contributed by atoms with van der Waals surface area (Å²) in [6, 6.07) is 4.42. The number of nitrogens with zero attached hydrogens (tertiary/aromatic N) is 3.